The number of rotatable bonds is 6. The van der Waals surface area contributed by atoms with Gasteiger partial charge in [-0.2, -0.15) is 5.10 Å². The summed E-state index contributed by atoms with van der Waals surface area (Å²) in [4.78, 5) is 0. The molecule has 0 saturated carbocycles. The van der Waals surface area contributed by atoms with Crippen molar-refractivity contribution in [1.82, 2.24) is 9.78 Å². The van der Waals surface area contributed by atoms with Gasteiger partial charge >= 0.3 is 0 Å². The van der Waals surface area contributed by atoms with Crippen LogP contribution in [0.2, 0.25) is 5.02 Å². The van der Waals surface area contributed by atoms with Gasteiger partial charge in [-0.1, -0.05) is 11.6 Å². The fourth-order valence-corrected chi connectivity index (χ4v) is 2.76. The molecule has 0 atom stereocenters. The molecule has 2 N–H and O–H groups in total. The molecule has 1 aromatic carbocycles. The van der Waals surface area contributed by atoms with Crippen LogP contribution in [-0.2, 0) is 23.1 Å². The van der Waals surface area contributed by atoms with Crippen molar-refractivity contribution in [1.29, 1.82) is 0 Å². The molecule has 0 unspecified atom stereocenters. The maximum atomic E-state index is 11.2. The van der Waals surface area contributed by atoms with Crippen LogP contribution in [0.25, 0.3) is 0 Å². The van der Waals surface area contributed by atoms with Gasteiger partial charge in [-0.15, -0.1) is 0 Å². The van der Waals surface area contributed by atoms with Crippen LogP contribution in [0.15, 0.2) is 30.5 Å². The van der Waals surface area contributed by atoms with Crippen LogP contribution in [0.4, 0.5) is 11.4 Å². The molecule has 1 aromatic heterocycles. The second kappa shape index (κ2) is 6.36. The first-order chi connectivity index (χ1) is 9.89. The molecule has 2 rings (SSSR count). The largest absolute Gasteiger partial charge is 0.379 e. The van der Waals surface area contributed by atoms with Gasteiger partial charge in [-0.3, -0.25) is 9.40 Å². The third-order valence-corrected chi connectivity index (χ3v) is 3.75. The lowest BCUT2D eigenvalue weighted by molar-refractivity contribution is 0.607. The van der Waals surface area contributed by atoms with Gasteiger partial charge in [-0.25, -0.2) is 8.42 Å². The van der Waals surface area contributed by atoms with Crippen LogP contribution < -0.4 is 10.0 Å². The molecule has 6 nitrogen and oxygen atoms in total. The van der Waals surface area contributed by atoms with E-state index in [2.05, 4.69) is 15.1 Å². The van der Waals surface area contributed by atoms with Crippen LogP contribution >= 0.6 is 11.6 Å². The molecule has 0 radical (unpaired) electrons. The molecule has 2 aromatic rings. The van der Waals surface area contributed by atoms with Crippen LogP contribution in [0, 0.1) is 0 Å². The molecule has 0 spiro atoms. The Hall–Kier alpha value is -1.73. The molecule has 0 fully saturated rings. The maximum absolute atomic E-state index is 11.2. The van der Waals surface area contributed by atoms with Gasteiger partial charge in [-0.05, 0) is 31.2 Å². The van der Waals surface area contributed by atoms with E-state index in [1.807, 2.05) is 17.7 Å². The highest BCUT2D eigenvalue weighted by molar-refractivity contribution is 7.92. The lowest BCUT2D eigenvalue weighted by Crippen LogP contribution is -2.10. The summed E-state index contributed by atoms with van der Waals surface area (Å²) in [6, 6.07) is 7.02. The summed E-state index contributed by atoms with van der Waals surface area (Å²) in [6.45, 7) is 3.45. The molecule has 8 heteroatoms. The van der Waals surface area contributed by atoms with E-state index in [1.54, 1.807) is 24.4 Å². The Bertz CT molecular complexity index is 728. The average molecular weight is 329 g/mol. The number of halogens is 1. The second-order valence-electron chi connectivity index (χ2n) is 4.56. The SMILES string of the molecule is CCn1nccc1CNc1ccc(NS(C)(=O)=O)c(Cl)c1. The molecule has 1 heterocycles. The van der Waals surface area contributed by atoms with Gasteiger partial charge in [0.05, 0.1) is 29.2 Å². The lowest BCUT2D eigenvalue weighted by Gasteiger charge is -2.11. The average Bonchev–Trinajstić information content (AvgIpc) is 2.85. The van der Waals surface area contributed by atoms with Crippen LogP contribution in [-0.4, -0.2) is 24.5 Å². The minimum Gasteiger partial charge on any atom is -0.379 e. The predicted octanol–water partition coefficient (Wildman–Crippen LogP) is 2.54. The standard InChI is InChI=1S/C13H17ClN4O2S/c1-3-18-11(6-7-16-18)9-15-10-4-5-13(12(14)8-10)17-21(2,19)20/h4-8,15,17H,3,9H2,1-2H3. The van der Waals surface area contributed by atoms with E-state index < -0.39 is 10.0 Å². The van der Waals surface area contributed by atoms with Gasteiger partial charge in [0.25, 0.3) is 0 Å². The van der Waals surface area contributed by atoms with E-state index >= 15 is 0 Å². The van der Waals surface area contributed by atoms with Crippen molar-refractivity contribution >= 4 is 33.0 Å². The van der Waals surface area contributed by atoms with Crippen molar-refractivity contribution in [3.63, 3.8) is 0 Å². The molecule has 0 saturated heterocycles. The molecular weight excluding hydrogens is 312 g/mol. The number of benzene rings is 1. The van der Waals surface area contributed by atoms with Crippen molar-refractivity contribution < 1.29 is 8.42 Å². The van der Waals surface area contributed by atoms with Crippen molar-refractivity contribution in [2.24, 2.45) is 0 Å². The summed E-state index contributed by atoms with van der Waals surface area (Å²) in [7, 11) is -3.34. The first-order valence-corrected chi connectivity index (χ1v) is 8.68. The minimum atomic E-state index is -3.34. The molecule has 21 heavy (non-hydrogen) atoms. The highest BCUT2D eigenvalue weighted by atomic mass is 35.5. The first kappa shape index (κ1) is 15.7. The van der Waals surface area contributed by atoms with Crippen LogP contribution in [0.3, 0.4) is 0 Å². The number of nitrogens with one attached hydrogen (secondary N) is 2. The van der Waals surface area contributed by atoms with Crippen molar-refractivity contribution in [2.75, 3.05) is 16.3 Å². The van der Waals surface area contributed by atoms with Gasteiger partial charge in [0, 0.05) is 18.4 Å². The van der Waals surface area contributed by atoms with Gasteiger partial charge in [0.1, 0.15) is 0 Å². The van der Waals surface area contributed by atoms with E-state index in [0.29, 0.717) is 17.3 Å². The number of nitrogens with zero attached hydrogens (tertiary/aromatic N) is 2. The minimum absolute atomic E-state index is 0.342. The summed E-state index contributed by atoms with van der Waals surface area (Å²) < 4.78 is 26.6. The monoisotopic (exact) mass is 328 g/mol. The highest BCUT2D eigenvalue weighted by Crippen LogP contribution is 2.26. The molecule has 0 aliphatic rings. The molecule has 114 valence electrons. The van der Waals surface area contributed by atoms with Crippen LogP contribution in [0.1, 0.15) is 12.6 Å². The maximum Gasteiger partial charge on any atom is 0.229 e. The molecule has 0 aliphatic heterocycles. The number of anilines is 2. The van der Waals surface area contributed by atoms with Gasteiger partial charge in [0.2, 0.25) is 10.0 Å². The summed E-state index contributed by atoms with van der Waals surface area (Å²) in [5, 5.41) is 7.77. The molecular formula is C13H17ClN4O2S. The van der Waals surface area contributed by atoms with E-state index in [4.69, 9.17) is 11.6 Å². The fraction of sp³-hybridized carbons (Fsp3) is 0.308. The summed E-state index contributed by atoms with van der Waals surface area (Å²) in [5.41, 5.74) is 2.23. The summed E-state index contributed by atoms with van der Waals surface area (Å²) >= 11 is 6.07. The summed E-state index contributed by atoms with van der Waals surface area (Å²) in [6.07, 6.45) is 2.84. The smallest absolute Gasteiger partial charge is 0.229 e. The van der Waals surface area contributed by atoms with Crippen molar-refractivity contribution in [3.8, 4) is 0 Å². The molecule has 0 aliphatic carbocycles. The zero-order chi connectivity index (χ0) is 15.5. The fourth-order valence-electron chi connectivity index (χ4n) is 1.90. The van der Waals surface area contributed by atoms with E-state index in [-0.39, 0.29) is 0 Å². The number of aromatic nitrogens is 2. The first-order valence-electron chi connectivity index (χ1n) is 6.41. The normalized spacial score (nSPS) is 11.4. The lowest BCUT2D eigenvalue weighted by atomic mass is 10.3. The number of hydrogen-bond donors (Lipinski definition) is 2. The van der Waals surface area contributed by atoms with Crippen molar-refractivity contribution in [2.45, 2.75) is 20.0 Å². The zero-order valence-electron chi connectivity index (χ0n) is 11.8. The predicted molar refractivity (Wildman–Crippen MR) is 85.1 cm³/mol. The number of hydrogen-bond acceptors (Lipinski definition) is 4. The van der Waals surface area contributed by atoms with Crippen molar-refractivity contribution in [3.05, 3.63) is 41.2 Å². The van der Waals surface area contributed by atoms with Gasteiger partial charge < -0.3 is 5.32 Å². The van der Waals surface area contributed by atoms with Gasteiger partial charge in [0.15, 0.2) is 0 Å². The summed E-state index contributed by atoms with van der Waals surface area (Å²) in [5.74, 6) is 0. The van der Waals surface area contributed by atoms with E-state index in [1.165, 1.54) is 0 Å². The number of aryl methyl sites for hydroxylation is 1. The Kier molecular flexibility index (Phi) is 4.74. The highest BCUT2D eigenvalue weighted by Gasteiger charge is 2.07. The second-order valence-corrected chi connectivity index (χ2v) is 6.72. The third kappa shape index (κ3) is 4.37. The molecule has 0 amide bonds. The Balaban J connectivity index is 2.07. The third-order valence-electron chi connectivity index (χ3n) is 2.84. The quantitative estimate of drug-likeness (QED) is 0.854. The zero-order valence-corrected chi connectivity index (χ0v) is 13.4. The van der Waals surface area contributed by atoms with E-state index in [0.717, 1.165) is 24.2 Å². The topological polar surface area (TPSA) is 76.0 Å². The number of sulfonamides is 1. The Labute approximate surface area is 129 Å². The molecule has 0 bridgehead atoms. The Morgan fingerprint density at radius 2 is 2.10 bits per heavy atom. The Morgan fingerprint density at radius 1 is 1.33 bits per heavy atom. The Morgan fingerprint density at radius 3 is 2.71 bits per heavy atom. The van der Waals surface area contributed by atoms with Crippen LogP contribution in [0.5, 0.6) is 0 Å². The van der Waals surface area contributed by atoms with E-state index in [9.17, 15) is 8.42 Å².